The Kier molecular flexibility index (Phi) is 9.35. The summed E-state index contributed by atoms with van der Waals surface area (Å²) in [4.78, 5) is 53.6. The summed E-state index contributed by atoms with van der Waals surface area (Å²) in [5, 5.41) is 6.06. The molecule has 1 aromatic carbocycles. The van der Waals surface area contributed by atoms with Gasteiger partial charge in [-0.15, -0.1) is 0 Å². The standard InChI is InChI=1S/C26H36ClN3O6/c1-5-35-15-20-18(14-21(31)36-20)28-24(33)19-12-8-9-13-30(19)25(34)22(26(2,3)4)29-23(32)16-10-6-7-11-17(16)27/h6-7,10-11,18-20,22H,5,8-9,12-15H2,1-4H3,(H,28,33)(H,29,32)/t18-,19-,20-,22+/m0/s1. The fraction of sp³-hybridized carbons (Fsp3) is 0.615. The van der Waals surface area contributed by atoms with E-state index in [4.69, 9.17) is 21.1 Å². The van der Waals surface area contributed by atoms with Crippen molar-refractivity contribution in [2.75, 3.05) is 19.8 Å². The minimum atomic E-state index is -0.878. The first kappa shape index (κ1) is 27.9. The van der Waals surface area contributed by atoms with Gasteiger partial charge in [0.05, 0.1) is 29.7 Å². The molecule has 0 bridgehead atoms. The van der Waals surface area contributed by atoms with Crippen molar-refractivity contribution in [1.82, 2.24) is 15.5 Å². The van der Waals surface area contributed by atoms with E-state index in [0.29, 0.717) is 24.6 Å². The van der Waals surface area contributed by atoms with Crippen molar-refractivity contribution < 1.29 is 28.7 Å². The second-order valence-corrected chi connectivity index (χ2v) is 10.7. The second kappa shape index (κ2) is 12.1. The SMILES string of the molecule is CCOC[C@@H]1OC(=O)C[C@@H]1NC(=O)[C@@H]1CCCCN1C(=O)[C@@H](NC(=O)c1ccccc1Cl)C(C)(C)C. The van der Waals surface area contributed by atoms with Crippen LogP contribution in [-0.4, -0.2) is 72.6 Å². The lowest BCUT2D eigenvalue weighted by atomic mass is 9.84. The molecule has 0 unspecified atom stereocenters. The first-order chi connectivity index (χ1) is 17.0. The van der Waals surface area contributed by atoms with E-state index >= 15 is 0 Å². The summed E-state index contributed by atoms with van der Waals surface area (Å²) < 4.78 is 10.7. The second-order valence-electron chi connectivity index (χ2n) is 10.3. The Morgan fingerprint density at radius 2 is 1.94 bits per heavy atom. The summed E-state index contributed by atoms with van der Waals surface area (Å²) in [6.07, 6.45) is 1.53. The molecule has 2 heterocycles. The van der Waals surface area contributed by atoms with Gasteiger partial charge in [-0.3, -0.25) is 19.2 Å². The highest BCUT2D eigenvalue weighted by Crippen LogP contribution is 2.27. The fourth-order valence-corrected chi connectivity index (χ4v) is 4.78. The van der Waals surface area contributed by atoms with Crippen LogP contribution in [0.1, 0.15) is 63.7 Å². The van der Waals surface area contributed by atoms with Crippen LogP contribution in [0.2, 0.25) is 5.02 Å². The average molecular weight is 522 g/mol. The number of likely N-dealkylation sites (tertiary alicyclic amines) is 1. The van der Waals surface area contributed by atoms with E-state index in [9.17, 15) is 19.2 Å². The summed E-state index contributed by atoms with van der Waals surface area (Å²) in [7, 11) is 0. The van der Waals surface area contributed by atoms with Crippen LogP contribution in [0.4, 0.5) is 0 Å². The zero-order chi connectivity index (χ0) is 26.5. The van der Waals surface area contributed by atoms with E-state index in [-0.39, 0.29) is 30.4 Å². The molecule has 10 heteroatoms. The first-order valence-electron chi connectivity index (χ1n) is 12.5. The van der Waals surface area contributed by atoms with Crippen LogP contribution in [0, 0.1) is 5.41 Å². The smallest absolute Gasteiger partial charge is 0.308 e. The van der Waals surface area contributed by atoms with Gasteiger partial charge in [0.25, 0.3) is 5.91 Å². The van der Waals surface area contributed by atoms with Crippen molar-refractivity contribution in [2.24, 2.45) is 5.41 Å². The molecule has 36 heavy (non-hydrogen) atoms. The highest BCUT2D eigenvalue weighted by atomic mass is 35.5. The van der Waals surface area contributed by atoms with Gasteiger partial charge >= 0.3 is 5.97 Å². The zero-order valence-electron chi connectivity index (χ0n) is 21.3. The van der Waals surface area contributed by atoms with Gasteiger partial charge in [-0.1, -0.05) is 44.5 Å². The maximum absolute atomic E-state index is 13.8. The molecule has 3 rings (SSSR count). The maximum atomic E-state index is 13.8. The van der Waals surface area contributed by atoms with Gasteiger partial charge in [-0.25, -0.2) is 0 Å². The highest BCUT2D eigenvalue weighted by molar-refractivity contribution is 6.33. The number of nitrogens with zero attached hydrogens (tertiary/aromatic N) is 1. The molecule has 3 amide bonds. The molecule has 2 aliphatic heterocycles. The highest BCUT2D eigenvalue weighted by Gasteiger charge is 2.43. The van der Waals surface area contributed by atoms with Gasteiger partial charge < -0.3 is 25.0 Å². The number of halogens is 1. The topological polar surface area (TPSA) is 114 Å². The Balaban J connectivity index is 1.76. The number of hydrogen-bond donors (Lipinski definition) is 2. The van der Waals surface area contributed by atoms with Gasteiger partial charge in [0, 0.05) is 13.2 Å². The van der Waals surface area contributed by atoms with E-state index in [0.717, 1.165) is 12.8 Å². The van der Waals surface area contributed by atoms with Crippen LogP contribution in [-0.2, 0) is 23.9 Å². The largest absolute Gasteiger partial charge is 0.458 e. The van der Waals surface area contributed by atoms with Gasteiger partial charge in [0.15, 0.2) is 0 Å². The van der Waals surface area contributed by atoms with Crippen molar-refractivity contribution >= 4 is 35.3 Å². The van der Waals surface area contributed by atoms with Crippen LogP contribution < -0.4 is 10.6 Å². The summed E-state index contributed by atoms with van der Waals surface area (Å²) in [6.45, 7) is 8.48. The monoisotopic (exact) mass is 521 g/mol. The quantitative estimate of drug-likeness (QED) is 0.508. The van der Waals surface area contributed by atoms with E-state index in [2.05, 4.69) is 10.6 Å². The third-order valence-electron chi connectivity index (χ3n) is 6.53. The summed E-state index contributed by atoms with van der Waals surface area (Å²) in [5.41, 5.74) is -0.346. The average Bonchev–Trinajstić information content (AvgIpc) is 3.18. The third kappa shape index (κ3) is 6.76. The molecule has 2 fully saturated rings. The van der Waals surface area contributed by atoms with Crippen LogP contribution in [0.5, 0.6) is 0 Å². The number of benzene rings is 1. The lowest BCUT2D eigenvalue weighted by Crippen LogP contribution is -2.61. The first-order valence-corrected chi connectivity index (χ1v) is 12.8. The summed E-state index contributed by atoms with van der Waals surface area (Å²) in [5.74, 6) is -1.51. The van der Waals surface area contributed by atoms with Gasteiger partial charge in [-0.2, -0.15) is 0 Å². The van der Waals surface area contributed by atoms with Crippen molar-refractivity contribution in [3.8, 4) is 0 Å². The number of cyclic esters (lactones) is 1. The molecular weight excluding hydrogens is 486 g/mol. The minimum Gasteiger partial charge on any atom is -0.458 e. The normalized spacial score (nSPS) is 23.1. The third-order valence-corrected chi connectivity index (χ3v) is 6.86. The van der Waals surface area contributed by atoms with E-state index in [1.54, 1.807) is 29.2 Å². The van der Waals surface area contributed by atoms with Gasteiger partial charge in [0.1, 0.15) is 18.2 Å². The van der Waals surface area contributed by atoms with E-state index in [1.165, 1.54) is 0 Å². The lowest BCUT2D eigenvalue weighted by molar-refractivity contribution is -0.146. The number of piperidine rings is 1. The van der Waals surface area contributed by atoms with Gasteiger partial charge in [-0.05, 0) is 43.7 Å². The molecule has 2 saturated heterocycles. The Morgan fingerprint density at radius 1 is 1.22 bits per heavy atom. The van der Waals surface area contributed by atoms with Crippen molar-refractivity contribution in [2.45, 2.75) is 77.6 Å². The van der Waals surface area contributed by atoms with Crippen molar-refractivity contribution in [3.63, 3.8) is 0 Å². The molecule has 2 aliphatic rings. The molecule has 198 valence electrons. The van der Waals surface area contributed by atoms with Gasteiger partial charge in [0.2, 0.25) is 11.8 Å². The molecule has 0 saturated carbocycles. The Morgan fingerprint density at radius 3 is 2.61 bits per heavy atom. The van der Waals surface area contributed by atoms with E-state index < -0.39 is 41.5 Å². The number of nitrogens with one attached hydrogen (secondary N) is 2. The number of amides is 3. The molecule has 1 aromatic rings. The molecular formula is C26H36ClN3O6. The minimum absolute atomic E-state index is 0.0582. The fourth-order valence-electron chi connectivity index (χ4n) is 4.55. The Labute approximate surface area is 217 Å². The van der Waals surface area contributed by atoms with E-state index in [1.807, 2.05) is 27.7 Å². The summed E-state index contributed by atoms with van der Waals surface area (Å²) >= 11 is 6.19. The van der Waals surface area contributed by atoms with Crippen LogP contribution in [0.25, 0.3) is 0 Å². The maximum Gasteiger partial charge on any atom is 0.308 e. The summed E-state index contributed by atoms with van der Waals surface area (Å²) in [6, 6.07) is 4.54. The molecule has 0 aromatic heterocycles. The molecule has 0 spiro atoms. The Bertz CT molecular complexity index is 979. The molecule has 2 N–H and O–H groups in total. The zero-order valence-corrected chi connectivity index (χ0v) is 22.1. The molecule has 4 atom stereocenters. The Hall–Kier alpha value is -2.65. The number of hydrogen-bond acceptors (Lipinski definition) is 6. The molecule has 9 nitrogen and oxygen atoms in total. The van der Waals surface area contributed by atoms with Crippen molar-refractivity contribution in [3.05, 3.63) is 34.9 Å². The number of carbonyl (C=O) groups excluding carboxylic acids is 4. The predicted octanol–water partition coefficient (Wildman–Crippen LogP) is 2.70. The number of carbonyl (C=O) groups is 4. The number of rotatable bonds is 8. The van der Waals surface area contributed by atoms with Crippen LogP contribution in [0.3, 0.4) is 0 Å². The van der Waals surface area contributed by atoms with Crippen LogP contribution >= 0.6 is 11.6 Å². The lowest BCUT2D eigenvalue weighted by Gasteiger charge is -2.40. The predicted molar refractivity (Wildman–Crippen MR) is 134 cm³/mol. The van der Waals surface area contributed by atoms with Crippen molar-refractivity contribution in [1.29, 1.82) is 0 Å². The molecule has 0 radical (unpaired) electrons. The van der Waals surface area contributed by atoms with Crippen LogP contribution in [0.15, 0.2) is 24.3 Å². The molecule has 0 aliphatic carbocycles. The number of ether oxygens (including phenoxy) is 2. The number of esters is 1.